The molecule has 0 fully saturated rings. The van der Waals surface area contributed by atoms with Crippen molar-refractivity contribution in [3.8, 4) is 11.5 Å². The first-order valence-electron chi connectivity index (χ1n) is 7.73. The quantitative estimate of drug-likeness (QED) is 0.330. The first kappa shape index (κ1) is 17.3. The minimum atomic E-state index is 0.474. The third-order valence-electron chi connectivity index (χ3n) is 3.74. The van der Waals surface area contributed by atoms with Gasteiger partial charge in [-0.1, -0.05) is 29.4 Å². The van der Waals surface area contributed by atoms with Gasteiger partial charge in [0.15, 0.2) is 0 Å². The molecular weight excluding hydrogens is 388 g/mol. The van der Waals surface area contributed by atoms with Gasteiger partial charge in [0.05, 0.1) is 5.52 Å². The van der Waals surface area contributed by atoms with Crippen LogP contribution in [-0.4, -0.2) is 26.4 Å². The summed E-state index contributed by atoms with van der Waals surface area (Å²) in [5.74, 6) is 1.08. The van der Waals surface area contributed by atoms with Crippen molar-refractivity contribution in [3.05, 3.63) is 59.5 Å². The van der Waals surface area contributed by atoms with Gasteiger partial charge in [-0.05, 0) is 36.6 Å². The molecule has 130 valence electrons. The molecule has 0 aliphatic carbocycles. The van der Waals surface area contributed by atoms with E-state index in [1.807, 2.05) is 24.5 Å². The Kier molecular flexibility index (Phi) is 5.10. The summed E-state index contributed by atoms with van der Waals surface area (Å²) in [7, 11) is 0. The Labute approximate surface area is 163 Å². The number of fused-ring (bicyclic) bond motifs is 1. The molecule has 0 unspecified atom stereocenters. The Hall–Kier alpha value is -2.09. The van der Waals surface area contributed by atoms with Crippen molar-refractivity contribution in [1.29, 1.82) is 0 Å². The van der Waals surface area contributed by atoms with Gasteiger partial charge in [-0.2, -0.15) is 0 Å². The van der Waals surface area contributed by atoms with Crippen molar-refractivity contribution in [3.63, 3.8) is 0 Å². The van der Waals surface area contributed by atoms with Gasteiger partial charge in [-0.3, -0.25) is 4.98 Å². The highest BCUT2D eigenvalue weighted by Gasteiger charge is 2.11. The van der Waals surface area contributed by atoms with Crippen LogP contribution in [0.2, 0.25) is 5.15 Å². The monoisotopic (exact) mass is 400 g/mol. The van der Waals surface area contributed by atoms with Crippen molar-refractivity contribution < 1.29 is 4.42 Å². The Morgan fingerprint density at radius 1 is 1.08 bits per heavy atom. The van der Waals surface area contributed by atoms with Gasteiger partial charge in [-0.15, -0.1) is 22.0 Å². The number of hydrogen-bond acceptors (Lipinski definition) is 7. The SMILES string of the molecule is CSc1ccc2cc(CSc3nnc(-c4ccncc4)o3)c(Cl)nc2c1. The van der Waals surface area contributed by atoms with Gasteiger partial charge in [0.1, 0.15) is 5.15 Å². The molecule has 0 amide bonds. The van der Waals surface area contributed by atoms with Crippen molar-refractivity contribution in [2.45, 2.75) is 15.9 Å². The largest absolute Gasteiger partial charge is 0.411 e. The zero-order valence-corrected chi connectivity index (χ0v) is 16.1. The average Bonchev–Trinajstić information content (AvgIpc) is 3.15. The molecule has 26 heavy (non-hydrogen) atoms. The second kappa shape index (κ2) is 7.65. The van der Waals surface area contributed by atoms with Gasteiger partial charge < -0.3 is 4.42 Å². The van der Waals surface area contributed by atoms with E-state index in [4.69, 9.17) is 16.0 Å². The fourth-order valence-corrected chi connectivity index (χ4v) is 3.87. The number of hydrogen-bond donors (Lipinski definition) is 0. The summed E-state index contributed by atoms with van der Waals surface area (Å²) in [5, 5.41) is 10.2. The predicted octanol–water partition coefficient (Wildman–Crippen LogP) is 5.35. The molecule has 0 aliphatic rings. The smallest absolute Gasteiger partial charge is 0.277 e. The molecule has 0 saturated carbocycles. The highest BCUT2D eigenvalue weighted by molar-refractivity contribution is 7.98. The average molecular weight is 401 g/mol. The van der Waals surface area contributed by atoms with Gasteiger partial charge in [-0.25, -0.2) is 4.98 Å². The predicted molar refractivity (Wildman–Crippen MR) is 106 cm³/mol. The van der Waals surface area contributed by atoms with E-state index in [1.165, 1.54) is 11.8 Å². The van der Waals surface area contributed by atoms with Crippen molar-refractivity contribution in [2.75, 3.05) is 6.26 Å². The summed E-state index contributed by atoms with van der Waals surface area (Å²) in [6, 6.07) is 11.9. The third-order valence-corrected chi connectivity index (χ3v) is 5.66. The van der Waals surface area contributed by atoms with Crippen LogP contribution in [0.4, 0.5) is 0 Å². The van der Waals surface area contributed by atoms with Crippen molar-refractivity contribution in [2.24, 2.45) is 0 Å². The number of aromatic nitrogens is 4. The highest BCUT2D eigenvalue weighted by Crippen LogP contribution is 2.30. The summed E-state index contributed by atoms with van der Waals surface area (Å²) in [6.07, 6.45) is 5.42. The Balaban J connectivity index is 1.53. The lowest BCUT2D eigenvalue weighted by Crippen LogP contribution is -1.89. The number of pyridine rings is 2. The van der Waals surface area contributed by atoms with Crippen LogP contribution in [-0.2, 0) is 5.75 Å². The van der Waals surface area contributed by atoms with Crippen LogP contribution in [0.3, 0.4) is 0 Å². The van der Waals surface area contributed by atoms with E-state index in [1.54, 1.807) is 24.2 Å². The number of rotatable bonds is 5. The van der Waals surface area contributed by atoms with E-state index in [0.717, 1.165) is 26.9 Å². The van der Waals surface area contributed by atoms with Crippen LogP contribution in [0.25, 0.3) is 22.4 Å². The normalized spacial score (nSPS) is 11.2. The van der Waals surface area contributed by atoms with Crippen molar-refractivity contribution >= 4 is 46.0 Å². The molecule has 0 saturated heterocycles. The molecule has 0 aliphatic heterocycles. The molecule has 0 radical (unpaired) electrons. The number of nitrogens with zero attached hydrogens (tertiary/aromatic N) is 4. The topological polar surface area (TPSA) is 64.7 Å². The molecule has 0 spiro atoms. The second-order valence-electron chi connectivity index (χ2n) is 5.39. The molecule has 1 aromatic carbocycles. The van der Waals surface area contributed by atoms with Crippen LogP contribution < -0.4 is 0 Å². The summed E-state index contributed by atoms with van der Waals surface area (Å²) in [4.78, 5) is 9.66. The Bertz CT molecular complexity index is 1060. The van der Waals surface area contributed by atoms with Gasteiger partial charge >= 0.3 is 0 Å². The molecule has 0 atom stereocenters. The van der Waals surface area contributed by atoms with Crippen LogP contribution >= 0.6 is 35.1 Å². The standard InChI is InChI=1S/C18H13ClN4OS2/c1-25-14-3-2-12-8-13(16(19)21-15(12)9-14)10-26-18-23-22-17(24-18)11-4-6-20-7-5-11/h2-9H,10H2,1H3. The number of benzene rings is 1. The van der Waals surface area contributed by atoms with Gasteiger partial charge in [0.2, 0.25) is 5.89 Å². The van der Waals surface area contributed by atoms with E-state index in [-0.39, 0.29) is 0 Å². The fraction of sp³-hybridized carbons (Fsp3) is 0.111. The molecule has 3 aromatic heterocycles. The van der Waals surface area contributed by atoms with Crippen LogP contribution in [0.15, 0.2) is 63.3 Å². The molecule has 0 bridgehead atoms. The van der Waals surface area contributed by atoms with E-state index in [0.29, 0.717) is 22.0 Å². The zero-order valence-electron chi connectivity index (χ0n) is 13.7. The molecule has 8 heteroatoms. The lowest BCUT2D eigenvalue weighted by molar-refractivity contribution is 0.466. The molecule has 5 nitrogen and oxygen atoms in total. The number of thioether (sulfide) groups is 2. The molecule has 4 aromatic rings. The minimum absolute atomic E-state index is 0.474. The van der Waals surface area contributed by atoms with Crippen LogP contribution in [0, 0.1) is 0 Å². The maximum absolute atomic E-state index is 6.36. The molecular formula is C18H13ClN4OS2. The lowest BCUT2D eigenvalue weighted by atomic mass is 10.2. The minimum Gasteiger partial charge on any atom is -0.411 e. The summed E-state index contributed by atoms with van der Waals surface area (Å²) < 4.78 is 5.70. The molecule has 3 heterocycles. The van der Waals surface area contributed by atoms with E-state index >= 15 is 0 Å². The maximum Gasteiger partial charge on any atom is 0.277 e. The molecule has 0 N–H and O–H groups in total. The first-order valence-corrected chi connectivity index (χ1v) is 10.3. The van der Waals surface area contributed by atoms with Crippen LogP contribution in [0.1, 0.15) is 5.56 Å². The summed E-state index contributed by atoms with van der Waals surface area (Å²) in [5.41, 5.74) is 2.67. The van der Waals surface area contributed by atoms with E-state index in [2.05, 4.69) is 38.4 Å². The summed E-state index contributed by atoms with van der Waals surface area (Å²) >= 11 is 9.48. The summed E-state index contributed by atoms with van der Waals surface area (Å²) in [6.45, 7) is 0. The third kappa shape index (κ3) is 3.70. The molecule has 4 rings (SSSR count). The number of halogens is 1. The second-order valence-corrected chi connectivity index (χ2v) is 7.56. The zero-order chi connectivity index (χ0) is 17.9. The van der Waals surface area contributed by atoms with Crippen molar-refractivity contribution in [1.82, 2.24) is 20.2 Å². The highest BCUT2D eigenvalue weighted by atomic mass is 35.5. The van der Waals surface area contributed by atoms with Gasteiger partial charge in [0.25, 0.3) is 5.22 Å². The van der Waals surface area contributed by atoms with Gasteiger partial charge in [0, 0.05) is 39.6 Å². The lowest BCUT2D eigenvalue weighted by Gasteiger charge is -2.06. The van der Waals surface area contributed by atoms with E-state index in [9.17, 15) is 0 Å². The Morgan fingerprint density at radius 2 is 1.92 bits per heavy atom. The van der Waals surface area contributed by atoms with E-state index < -0.39 is 0 Å². The maximum atomic E-state index is 6.36. The Morgan fingerprint density at radius 3 is 2.73 bits per heavy atom. The van der Waals surface area contributed by atoms with Crippen LogP contribution in [0.5, 0.6) is 0 Å². The fourth-order valence-electron chi connectivity index (χ4n) is 2.41. The first-order chi connectivity index (χ1) is 12.7.